The molecule has 0 spiro atoms. The Labute approximate surface area is 313 Å². The monoisotopic (exact) mass is 732 g/mol. The van der Waals surface area contributed by atoms with Gasteiger partial charge in [0.2, 0.25) is 23.6 Å². The first-order chi connectivity index (χ1) is 24.4. The van der Waals surface area contributed by atoms with Crippen molar-refractivity contribution in [1.82, 2.24) is 25.8 Å². The number of nitrogens with zero attached hydrogens (tertiary/aromatic N) is 2. The number of benzene rings is 1. The molecule has 1 aromatic rings. The molecule has 12 nitrogen and oxygen atoms in total. The van der Waals surface area contributed by atoms with Crippen LogP contribution in [0.5, 0.6) is 0 Å². The number of likely N-dealkylation sites (tertiary alicyclic amines) is 1. The number of nitrogens with one attached hydrogen (secondary N) is 3. The van der Waals surface area contributed by atoms with Crippen LogP contribution >= 0.6 is 0 Å². The van der Waals surface area contributed by atoms with E-state index in [1.54, 1.807) is 52.0 Å². The maximum absolute atomic E-state index is 14.1. The highest BCUT2D eigenvalue weighted by molar-refractivity contribution is 5.90. The zero-order chi connectivity index (χ0) is 39.4. The third-order valence-electron chi connectivity index (χ3n) is 11.0. The molecule has 4 amide bonds. The second kappa shape index (κ2) is 21.0. The van der Waals surface area contributed by atoms with E-state index in [2.05, 4.69) is 16.0 Å². The van der Waals surface area contributed by atoms with Crippen molar-refractivity contribution in [3.63, 3.8) is 0 Å². The molecule has 1 aromatic carbocycles. The van der Waals surface area contributed by atoms with Gasteiger partial charge >= 0.3 is 0 Å². The Morgan fingerprint density at radius 1 is 0.923 bits per heavy atom. The highest BCUT2D eigenvalue weighted by Gasteiger charge is 2.43. The number of aliphatic hydroxyl groups excluding tert-OH is 1. The lowest BCUT2D eigenvalue weighted by molar-refractivity contribution is -0.148. The van der Waals surface area contributed by atoms with Crippen LogP contribution in [0, 0.1) is 30.6 Å². The number of amides is 4. The lowest BCUT2D eigenvalue weighted by Gasteiger charge is -2.41. The van der Waals surface area contributed by atoms with Crippen LogP contribution in [0.4, 0.5) is 0 Å². The topological polar surface area (TPSA) is 150 Å². The standard InChI is InChI=1S/C40H69N5O7/c1-14-26(7)35(44(11)40(50)34(24(4)5)43-39(49)33(41-10)23(2)3)31(51-12)22-32(46)45-21-15-16-30(45)37(52-13)27(8)38(48)42-28(9)36(47)29-19-17-25(6)18-20-29/h17-20,23-24,26-28,30-31,33-37,41,47H,14-16,21-22H2,1-13H3,(H,42,48)(H,43,49)/t26-,27+,28+,30-,31+,33?,34-,35-,36+,37+/m0/s1. The summed E-state index contributed by atoms with van der Waals surface area (Å²) in [7, 11) is 6.58. The minimum absolute atomic E-state index is 0.0157. The Morgan fingerprint density at radius 2 is 1.52 bits per heavy atom. The van der Waals surface area contributed by atoms with Crippen molar-refractivity contribution in [2.24, 2.45) is 23.7 Å². The Kier molecular flexibility index (Phi) is 18.2. The summed E-state index contributed by atoms with van der Waals surface area (Å²) in [6.45, 7) is 17.8. The van der Waals surface area contributed by atoms with Gasteiger partial charge in [0.25, 0.3) is 0 Å². The lowest BCUT2D eigenvalue weighted by Crippen LogP contribution is -2.59. The van der Waals surface area contributed by atoms with Gasteiger partial charge in [0.05, 0.1) is 54.8 Å². The lowest BCUT2D eigenvalue weighted by atomic mass is 9.89. The number of aliphatic hydroxyl groups is 1. The predicted octanol–water partition coefficient (Wildman–Crippen LogP) is 3.84. The van der Waals surface area contributed by atoms with E-state index in [-0.39, 0.29) is 53.8 Å². The van der Waals surface area contributed by atoms with Crippen molar-refractivity contribution >= 4 is 23.6 Å². The van der Waals surface area contributed by atoms with Crippen LogP contribution in [0.25, 0.3) is 0 Å². The van der Waals surface area contributed by atoms with Gasteiger partial charge in [-0.15, -0.1) is 0 Å². The van der Waals surface area contributed by atoms with Gasteiger partial charge in [-0.3, -0.25) is 19.2 Å². The molecule has 52 heavy (non-hydrogen) atoms. The van der Waals surface area contributed by atoms with Crippen molar-refractivity contribution in [3.05, 3.63) is 35.4 Å². The zero-order valence-electron chi connectivity index (χ0n) is 34.1. The van der Waals surface area contributed by atoms with Gasteiger partial charge in [0.15, 0.2) is 0 Å². The van der Waals surface area contributed by atoms with E-state index in [1.807, 2.05) is 72.7 Å². The fourth-order valence-corrected chi connectivity index (χ4v) is 7.54. The molecule has 10 atom stereocenters. The number of carbonyl (C=O) groups is 4. The summed E-state index contributed by atoms with van der Waals surface area (Å²) >= 11 is 0. The van der Waals surface area contributed by atoms with E-state index in [4.69, 9.17) is 9.47 Å². The third kappa shape index (κ3) is 11.5. The molecular formula is C40H69N5O7. The largest absolute Gasteiger partial charge is 0.386 e. The molecule has 0 bridgehead atoms. The molecule has 1 fully saturated rings. The van der Waals surface area contributed by atoms with Crippen molar-refractivity contribution in [1.29, 1.82) is 0 Å². The third-order valence-corrected chi connectivity index (χ3v) is 11.0. The second-order valence-corrected chi connectivity index (χ2v) is 15.5. The molecule has 0 aromatic heterocycles. The van der Waals surface area contributed by atoms with Crippen LogP contribution in [-0.2, 0) is 28.7 Å². The summed E-state index contributed by atoms with van der Waals surface area (Å²) in [4.78, 5) is 58.4. The predicted molar refractivity (Wildman–Crippen MR) is 204 cm³/mol. The van der Waals surface area contributed by atoms with Crippen molar-refractivity contribution in [2.75, 3.05) is 34.9 Å². The quantitative estimate of drug-likeness (QED) is 0.158. The van der Waals surface area contributed by atoms with E-state index < -0.39 is 48.4 Å². The van der Waals surface area contributed by atoms with E-state index in [1.165, 1.54) is 0 Å². The number of rotatable bonds is 20. The van der Waals surface area contributed by atoms with Crippen molar-refractivity contribution in [2.45, 2.75) is 137 Å². The number of carbonyl (C=O) groups excluding carboxylic acids is 4. The van der Waals surface area contributed by atoms with Gasteiger partial charge in [-0.2, -0.15) is 0 Å². The van der Waals surface area contributed by atoms with Crippen LogP contribution in [0.2, 0.25) is 0 Å². The Balaban J connectivity index is 2.24. The number of ether oxygens (including phenoxy) is 2. The first-order valence-corrected chi connectivity index (χ1v) is 19.1. The Morgan fingerprint density at radius 3 is 2.02 bits per heavy atom. The number of methoxy groups -OCH3 is 2. The average Bonchev–Trinajstić information content (AvgIpc) is 3.59. The maximum Gasteiger partial charge on any atom is 0.245 e. The molecule has 1 saturated heterocycles. The van der Waals surface area contributed by atoms with E-state index in [0.29, 0.717) is 13.0 Å². The van der Waals surface area contributed by atoms with E-state index in [9.17, 15) is 24.3 Å². The molecule has 4 N–H and O–H groups in total. The van der Waals surface area contributed by atoms with Gasteiger partial charge in [-0.1, -0.05) is 84.7 Å². The van der Waals surface area contributed by atoms with Crippen molar-refractivity contribution < 1.29 is 33.8 Å². The Hall–Kier alpha value is -3.06. The van der Waals surface area contributed by atoms with E-state index in [0.717, 1.165) is 24.0 Å². The molecule has 1 heterocycles. The number of likely N-dealkylation sites (N-methyl/N-ethyl adjacent to an activating group) is 2. The number of aryl methyl sites for hydroxylation is 1. The van der Waals surface area contributed by atoms with Crippen molar-refractivity contribution in [3.8, 4) is 0 Å². The van der Waals surface area contributed by atoms with Gasteiger partial charge < -0.3 is 40.3 Å². The van der Waals surface area contributed by atoms with Crippen LogP contribution in [0.1, 0.15) is 98.3 Å². The first kappa shape index (κ1) is 45.1. The fourth-order valence-electron chi connectivity index (χ4n) is 7.54. The van der Waals surface area contributed by atoms with Gasteiger partial charge in [0.1, 0.15) is 6.04 Å². The van der Waals surface area contributed by atoms with Gasteiger partial charge in [-0.05, 0) is 57.1 Å². The SMILES string of the molecule is CC[C@H](C)[C@@H]([C@@H](CC(=O)N1CCC[C@H]1[C@H](OC)[C@@H](C)C(=O)N[C@H](C)[C@@H](O)c1ccc(C)cc1)OC)N(C)C(=O)[C@@H](NC(=O)C(NC)C(C)C)C(C)C. The molecule has 0 aliphatic carbocycles. The average molecular weight is 732 g/mol. The minimum atomic E-state index is -0.880. The molecule has 1 unspecified atom stereocenters. The van der Waals surface area contributed by atoms with Gasteiger partial charge in [-0.25, -0.2) is 0 Å². The molecule has 0 saturated carbocycles. The van der Waals surface area contributed by atoms with Crippen LogP contribution in [0.3, 0.4) is 0 Å². The molecule has 0 radical (unpaired) electrons. The highest BCUT2D eigenvalue weighted by Crippen LogP contribution is 2.30. The summed E-state index contributed by atoms with van der Waals surface area (Å²) in [5.74, 6) is -1.63. The Bertz CT molecular complexity index is 1290. The molecule has 296 valence electrons. The minimum Gasteiger partial charge on any atom is -0.386 e. The number of hydrogen-bond donors (Lipinski definition) is 4. The summed E-state index contributed by atoms with van der Waals surface area (Å²) < 4.78 is 11.9. The second-order valence-electron chi connectivity index (χ2n) is 15.5. The summed E-state index contributed by atoms with van der Waals surface area (Å²) in [6, 6.07) is 5.03. The van der Waals surface area contributed by atoms with E-state index >= 15 is 0 Å². The fraction of sp³-hybridized carbons (Fsp3) is 0.750. The van der Waals surface area contributed by atoms with Crippen LogP contribution in [-0.4, -0.2) is 116 Å². The van der Waals surface area contributed by atoms with Crippen LogP contribution in [0.15, 0.2) is 24.3 Å². The molecule has 2 rings (SSSR count). The first-order valence-electron chi connectivity index (χ1n) is 19.1. The maximum atomic E-state index is 14.1. The summed E-state index contributed by atoms with van der Waals surface area (Å²) in [6.07, 6.45) is 0.137. The normalized spacial score (nSPS) is 20.0. The molecule has 12 heteroatoms. The summed E-state index contributed by atoms with van der Waals surface area (Å²) in [5, 5.41) is 19.9. The van der Waals surface area contributed by atoms with Gasteiger partial charge in [0, 0.05) is 27.8 Å². The molecule has 1 aliphatic heterocycles. The van der Waals surface area contributed by atoms with Crippen LogP contribution < -0.4 is 16.0 Å². The zero-order valence-corrected chi connectivity index (χ0v) is 34.1. The molecule has 1 aliphatic rings. The number of hydrogen-bond acceptors (Lipinski definition) is 8. The highest BCUT2D eigenvalue weighted by atomic mass is 16.5. The molecular weight excluding hydrogens is 662 g/mol. The smallest absolute Gasteiger partial charge is 0.245 e. The summed E-state index contributed by atoms with van der Waals surface area (Å²) in [5.41, 5.74) is 1.80.